The normalized spacial score (nSPS) is 14.7. The van der Waals surface area contributed by atoms with Crippen LogP contribution in [-0.2, 0) is 0 Å². The van der Waals surface area contributed by atoms with Gasteiger partial charge in [-0.15, -0.1) is 0 Å². The highest BCUT2D eigenvalue weighted by Gasteiger charge is 2.25. The van der Waals surface area contributed by atoms with E-state index in [0.717, 1.165) is 0 Å². The zero-order valence-corrected chi connectivity index (χ0v) is 19.2. The number of amides is 1. The van der Waals surface area contributed by atoms with E-state index in [2.05, 4.69) is 4.98 Å². The van der Waals surface area contributed by atoms with E-state index >= 15 is 0 Å². The number of hydrogen-bond acceptors (Lipinski definition) is 9. The number of benzene rings is 2. The maximum absolute atomic E-state index is 12.8. The fraction of sp³-hybridized carbons (Fsp3) is 0.375. The van der Waals surface area contributed by atoms with Gasteiger partial charge in [-0.25, -0.2) is 4.98 Å². The van der Waals surface area contributed by atoms with Crippen molar-refractivity contribution in [3.8, 4) is 17.4 Å². The number of hydrogen-bond donors (Lipinski definition) is 2. The number of piperazine rings is 1. The summed E-state index contributed by atoms with van der Waals surface area (Å²) in [5, 5.41) is 19.5. The van der Waals surface area contributed by atoms with Crippen molar-refractivity contribution in [2.24, 2.45) is 0 Å². The molecule has 180 valence electrons. The van der Waals surface area contributed by atoms with E-state index in [1.165, 1.54) is 7.11 Å². The molecule has 1 atom stereocenters. The van der Waals surface area contributed by atoms with Crippen LogP contribution < -0.4 is 19.1 Å². The lowest BCUT2D eigenvalue weighted by Gasteiger charge is -2.35. The molecule has 3 aromatic rings. The lowest BCUT2D eigenvalue weighted by atomic mass is 10.2. The van der Waals surface area contributed by atoms with E-state index in [1.807, 2.05) is 40.1 Å². The van der Waals surface area contributed by atoms with Gasteiger partial charge in [0.05, 0.1) is 31.7 Å². The third-order valence-corrected chi connectivity index (χ3v) is 5.65. The molecule has 2 heterocycles. The minimum Gasteiger partial charge on any atom is -0.493 e. The molecule has 1 amide bonds. The van der Waals surface area contributed by atoms with Gasteiger partial charge in [0, 0.05) is 37.8 Å². The van der Waals surface area contributed by atoms with Crippen LogP contribution in [0.25, 0.3) is 10.9 Å². The van der Waals surface area contributed by atoms with Crippen LogP contribution in [-0.4, -0.2) is 90.7 Å². The van der Waals surface area contributed by atoms with Crippen LogP contribution in [0, 0.1) is 0 Å². The van der Waals surface area contributed by atoms with Crippen molar-refractivity contribution in [2.75, 3.05) is 58.5 Å². The zero-order valence-electron chi connectivity index (χ0n) is 19.2. The summed E-state index contributed by atoms with van der Waals surface area (Å²) in [6.07, 6.45) is -1.04. The number of nitrogens with zero attached hydrogens (tertiary/aromatic N) is 4. The molecule has 10 nitrogen and oxygen atoms in total. The van der Waals surface area contributed by atoms with Crippen LogP contribution >= 0.6 is 0 Å². The van der Waals surface area contributed by atoms with Crippen LogP contribution in [0.1, 0.15) is 10.4 Å². The van der Waals surface area contributed by atoms with Crippen molar-refractivity contribution < 1.29 is 29.2 Å². The fourth-order valence-corrected chi connectivity index (χ4v) is 3.77. The van der Waals surface area contributed by atoms with Crippen LogP contribution in [0.2, 0.25) is 0 Å². The SMILES string of the molecule is COc1cc2nc(N3CCN(C(=O)c4ccccc4)CC3)nc(OCC(O)CO)c2cc1OC. The fourth-order valence-electron chi connectivity index (χ4n) is 3.77. The summed E-state index contributed by atoms with van der Waals surface area (Å²) in [7, 11) is 3.08. The molecule has 2 aromatic carbocycles. The number of carbonyl (C=O) groups is 1. The summed E-state index contributed by atoms with van der Waals surface area (Å²) in [5.41, 5.74) is 1.25. The molecule has 0 spiro atoms. The number of methoxy groups -OCH3 is 2. The quantitative estimate of drug-likeness (QED) is 0.505. The van der Waals surface area contributed by atoms with E-state index in [1.54, 1.807) is 19.2 Å². The molecule has 0 aliphatic carbocycles. The van der Waals surface area contributed by atoms with Crippen molar-refractivity contribution in [3.63, 3.8) is 0 Å². The van der Waals surface area contributed by atoms with E-state index < -0.39 is 12.7 Å². The highest BCUT2D eigenvalue weighted by atomic mass is 16.5. The Bertz CT molecular complexity index is 1140. The van der Waals surface area contributed by atoms with Crippen LogP contribution in [0.3, 0.4) is 0 Å². The molecule has 34 heavy (non-hydrogen) atoms. The van der Waals surface area contributed by atoms with Gasteiger partial charge in [0.1, 0.15) is 12.7 Å². The van der Waals surface area contributed by atoms with Crippen LogP contribution in [0.4, 0.5) is 5.95 Å². The molecule has 1 aliphatic heterocycles. The molecular formula is C24H28N4O6. The lowest BCUT2D eigenvalue weighted by Crippen LogP contribution is -2.49. The maximum atomic E-state index is 12.8. The highest BCUT2D eigenvalue weighted by molar-refractivity contribution is 5.94. The molecule has 10 heteroatoms. The van der Waals surface area contributed by atoms with E-state index in [-0.39, 0.29) is 18.4 Å². The zero-order chi connectivity index (χ0) is 24.1. The number of rotatable bonds is 8. The Balaban J connectivity index is 1.60. The summed E-state index contributed by atoms with van der Waals surface area (Å²) in [4.78, 5) is 25.9. The first-order chi connectivity index (χ1) is 16.5. The Morgan fingerprint density at radius 2 is 1.71 bits per heavy atom. The predicted octanol–water partition coefficient (Wildman–Crippen LogP) is 1.34. The predicted molar refractivity (Wildman–Crippen MR) is 126 cm³/mol. The number of fused-ring (bicyclic) bond motifs is 1. The van der Waals surface area contributed by atoms with E-state index in [4.69, 9.17) is 24.3 Å². The van der Waals surface area contributed by atoms with Crippen molar-refractivity contribution in [1.29, 1.82) is 0 Å². The van der Waals surface area contributed by atoms with Crippen molar-refractivity contribution >= 4 is 22.8 Å². The Labute approximate surface area is 197 Å². The molecule has 4 rings (SSSR count). The first-order valence-electron chi connectivity index (χ1n) is 11.0. The summed E-state index contributed by atoms with van der Waals surface area (Å²) < 4.78 is 16.5. The molecule has 1 aliphatic rings. The average Bonchev–Trinajstić information content (AvgIpc) is 2.90. The largest absolute Gasteiger partial charge is 0.493 e. The molecule has 1 saturated heterocycles. The van der Waals surface area contributed by atoms with Crippen molar-refractivity contribution in [1.82, 2.24) is 14.9 Å². The van der Waals surface area contributed by atoms with Gasteiger partial charge in [-0.2, -0.15) is 4.98 Å². The maximum Gasteiger partial charge on any atom is 0.253 e. The summed E-state index contributed by atoms with van der Waals surface area (Å²) >= 11 is 0. The second-order valence-corrected chi connectivity index (χ2v) is 7.85. The minimum atomic E-state index is -1.04. The van der Waals surface area contributed by atoms with Gasteiger partial charge in [0.15, 0.2) is 11.5 Å². The first kappa shape index (κ1) is 23.5. The molecule has 0 bridgehead atoms. The van der Waals surface area contributed by atoms with E-state index in [0.29, 0.717) is 60.1 Å². The van der Waals surface area contributed by atoms with Crippen LogP contribution in [0.15, 0.2) is 42.5 Å². The van der Waals surface area contributed by atoms with Gasteiger partial charge < -0.3 is 34.2 Å². The lowest BCUT2D eigenvalue weighted by molar-refractivity contribution is 0.0526. The Morgan fingerprint density at radius 1 is 1.03 bits per heavy atom. The highest BCUT2D eigenvalue weighted by Crippen LogP contribution is 2.36. The Morgan fingerprint density at radius 3 is 2.35 bits per heavy atom. The Hall–Kier alpha value is -3.63. The third kappa shape index (κ3) is 4.97. The van der Waals surface area contributed by atoms with Crippen molar-refractivity contribution in [2.45, 2.75) is 6.10 Å². The summed E-state index contributed by atoms with van der Waals surface area (Å²) in [5.74, 6) is 1.71. The summed E-state index contributed by atoms with van der Waals surface area (Å²) in [6.45, 7) is 1.60. The molecule has 1 unspecified atom stereocenters. The molecule has 0 radical (unpaired) electrons. The number of ether oxygens (including phenoxy) is 3. The third-order valence-electron chi connectivity index (χ3n) is 5.65. The molecule has 2 N–H and O–H groups in total. The van der Waals surface area contributed by atoms with Gasteiger partial charge in [-0.05, 0) is 18.2 Å². The van der Waals surface area contributed by atoms with Gasteiger partial charge in [0.2, 0.25) is 11.8 Å². The van der Waals surface area contributed by atoms with E-state index in [9.17, 15) is 9.90 Å². The van der Waals surface area contributed by atoms with Gasteiger partial charge in [-0.1, -0.05) is 18.2 Å². The van der Waals surface area contributed by atoms with Gasteiger partial charge in [0.25, 0.3) is 5.91 Å². The second-order valence-electron chi connectivity index (χ2n) is 7.85. The van der Waals surface area contributed by atoms with Gasteiger partial charge in [-0.3, -0.25) is 4.79 Å². The van der Waals surface area contributed by atoms with Gasteiger partial charge >= 0.3 is 0 Å². The van der Waals surface area contributed by atoms with Crippen LogP contribution in [0.5, 0.6) is 17.4 Å². The second kappa shape index (κ2) is 10.5. The number of aliphatic hydroxyl groups excluding tert-OH is 2. The number of aromatic nitrogens is 2. The number of aliphatic hydroxyl groups is 2. The van der Waals surface area contributed by atoms with Crippen molar-refractivity contribution in [3.05, 3.63) is 48.0 Å². The monoisotopic (exact) mass is 468 g/mol. The average molecular weight is 469 g/mol. The number of carbonyl (C=O) groups excluding carboxylic acids is 1. The summed E-state index contributed by atoms with van der Waals surface area (Å²) in [6, 6.07) is 12.7. The smallest absolute Gasteiger partial charge is 0.253 e. The number of anilines is 1. The minimum absolute atomic E-state index is 0.00137. The topological polar surface area (TPSA) is 117 Å². The molecule has 0 saturated carbocycles. The molecule has 1 aromatic heterocycles. The Kier molecular flexibility index (Phi) is 7.29. The molecule has 1 fully saturated rings. The first-order valence-corrected chi connectivity index (χ1v) is 11.0. The molecular weight excluding hydrogens is 440 g/mol. The standard InChI is InChI=1S/C24H28N4O6/c1-32-20-12-18-19(13-21(20)33-2)25-24(26-22(18)34-15-17(30)14-29)28-10-8-27(9-11-28)23(31)16-6-4-3-5-7-16/h3-7,12-13,17,29-30H,8-11,14-15H2,1-2H3.